The van der Waals surface area contributed by atoms with Crippen LogP contribution in [0.15, 0.2) is 44.3 Å². The van der Waals surface area contributed by atoms with Crippen LogP contribution < -0.4 is 21.5 Å². The third-order valence-electron chi connectivity index (χ3n) is 6.86. The number of nitrogens with zero attached hydrogens (tertiary/aromatic N) is 1. The predicted octanol–water partition coefficient (Wildman–Crippen LogP) is 4.24. The number of carbonyl (C=O) groups is 2. The molecule has 2 aliphatic rings. The Hall–Kier alpha value is -3.60. The first-order chi connectivity index (χ1) is 18.2. The van der Waals surface area contributed by atoms with Gasteiger partial charge in [0.05, 0.1) is 17.3 Å². The number of anilines is 3. The predicted molar refractivity (Wildman–Crippen MR) is 142 cm³/mol. The molecular weight excluding hydrogens is 513 g/mol. The number of nitrogens with one attached hydrogen (secondary N) is 2. The molecule has 200 valence electrons. The van der Waals surface area contributed by atoms with Gasteiger partial charge in [0, 0.05) is 25.1 Å². The zero-order chi connectivity index (χ0) is 27.0. The Balaban J connectivity index is 1.40. The fourth-order valence-corrected chi connectivity index (χ4v) is 6.37. The van der Waals surface area contributed by atoms with Crippen molar-refractivity contribution < 1.29 is 23.1 Å². The average Bonchev–Trinajstić information content (AvgIpc) is 3.66. The number of likely N-dealkylation sites (tertiary alicyclic amines) is 1. The van der Waals surface area contributed by atoms with Gasteiger partial charge in [-0.2, -0.15) is 11.8 Å². The van der Waals surface area contributed by atoms with Crippen LogP contribution in [0.1, 0.15) is 60.5 Å². The van der Waals surface area contributed by atoms with E-state index >= 15 is 4.39 Å². The van der Waals surface area contributed by atoms with Gasteiger partial charge >= 0.3 is 5.97 Å². The summed E-state index contributed by atoms with van der Waals surface area (Å²) in [5, 5.41) is 6.06. The lowest BCUT2D eigenvalue weighted by atomic mass is 10.0. The fourth-order valence-electron chi connectivity index (χ4n) is 5.00. The Bertz CT molecular complexity index is 1440. The maximum absolute atomic E-state index is 15.5. The van der Waals surface area contributed by atoms with Crippen LogP contribution in [-0.2, 0) is 9.53 Å². The highest BCUT2D eigenvalue weighted by molar-refractivity contribution is 8.00. The topological polar surface area (TPSA) is 118 Å². The highest BCUT2D eigenvalue weighted by atomic mass is 32.2. The largest absolute Gasteiger partial charge is 0.464 e. The minimum atomic E-state index is -0.866. The van der Waals surface area contributed by atoms with Crippen molar-refractivity contribution in [1.29, 1.82) is 0 Å². The van der Waals surface area contributed by atoms with E-state index in [0.717, 1.165) is 24.4 Å². The number of benzene rings is 1. The van der Waals surface area contributed by atoms with Gasteiger partial charge in [-0.1, -0.05) is 6.07 Å². The zero-order valence-corrected chi connectivity index (χ0v) is 21.9. The van der Waals surface area contributed by atoms with Crippen LogP contribution in [0.2, 0.25) is 0 Å². The monoisotopic (exact) mass is 541 g/mol. The van der Waals surface area contributed by atoms with E-state index in [-0.39, 0.29) is 33.9 Å². The molecule has 5 rings (SSSR count). The number of carbonyl (C=O) groups excluding carboxylic acids is 2. The quantitative estimate of drug-likeness (QED) is 0.319. The number of thioether (sulfide) groups is 1. The van der Waals surface area contributed by atoms with Gasteiger partial charge in [0.1, 0.15) is 22.9 Å². The molecule has 0 radical (unpaired) electrons. The smallest absolute Gasteiger partial charge is 0.304 e. The fraction of sp³-hybridized carbons (Fsp3) is 0.407. The molecule has 38 heavy (non-hydrogen) atoms. The van der Waals surface area contributed by atoms with E-state index in [1.807, 2.05) is 19.1 Å². The number of hydrogen-bond acceptors (Lipinski definition) is 9. The van der Waals surface area contributed by atoms with Crippen LogP contribution in [0.5, 0.6) is 0 Å². The lowest BCUT2D eigenvalue weighted by Crippen LogP contribution is -2.39. The van der Waals surface area contributed by atoms with E-state index in [9.17, 15) is 19.2 Å². The number of halogens is 1. The van der Waals surface area contributed by atoms with Crippen LogP contribution in [-0.4, -0.2) is 40.6 Å². The summed E-state index contributed by atoms with van der Waals surface area (Å²) in [6, 6.07) is 7.56. The molecule has 2 saturated heterocycles. The lowest BCUT2D eigenvalue weighted by Gasteiger charge is -2.26. The van der Waals surface area contributed by atoms with Crippen LogP contribution in [0.3, 0.4) is 0 Å². The molecule has 1 amide bonds. The van der Waals surface area contributed by atoms with E-state index in [4.69, 9.17) is 9.15 Å². The third-order valence-corrected chi connectivity index (χ3v) is 8.32. The first-order valence-corrected chi connectivity index (χ1v) is 13.6. The Morgan fingerprint density at radius 3 is 2.61 bits per heavy atom. The maximum atomic E-state index is 15.5. The second-order valence-electron chi connectivity index (χ2n) is 9.53. The molecule has 0 bridgehead atoms. The number of ether oxygens (including phenoxy) is 1. The number of aryl methyl sites for hydroxylation is 1. The minimum Gasteiger partial charge on any atom is -0.464 e. The van der Waals surface area contributed by atoms with Gasteiger partial charge in [-0.15, -0.1) is 0 Å². The van der Waals surface area contributed by atoms with Gasteiger partial charge in [-0.05, 0) is 56.2 Å². The number of rotatable bonds is 8. The molecule has 3 aromatic rings. The Labute approximate surface area is 222 Å². The van der Waals surface area contributed by atoms with Gasteiger partial charge in [-0.3, -0.25) is 19.2 Å². The SMILES string of the molecule is CC(=O)O[C@@H]1CCCN1C(=O)c1cccc(Nc2c(NC(c3ccc(C)o3)C3CCCS3)c(=O)c2=O)c1F. The van der Waals surface area contributed by atoms with Crippen LogP contribution in [0, 0.1) is 12.7 Å². The molecule has 2 N–H and O–H groups in total. The number of hydrogen-bond donors (Lipinski definition) is 2. The van der Waals surface area contributed by atoms with Gasteiger partial charge in [0.2, 0.25) is 0 Å². The van der Waals surface area contributed by atoms with E-state index in [0.29, 0.717) is 25.1 Å². The summed E-state index contributed by atoms with van der Waals surface area (Å²) >= 11 is 1.77. The molecular formula is C27H28FN3O6S. The van der Waals surface area contributed by atoms with Crippen molar-refractivity contribution >= 4 is 40.7 Å². The van der Waals surface area contributed by atoms with Crippen molar-refractivity contribution in [2.24, 2.45) is 0 Å². The van der Waals surface area contributed by atoms with E-state index in [1.54, 1.807) is 11.8 Å². The lowest BCUT2D eigenvalue weighted by molar-refractivity contribution is -0.151. The number of esters is 1. The summed E-state index contributed by atoms with van der Waals surface area (Å²) in [6.45, 7) is 3.42. The zero-order valence-electron chi connectivity index (χ0n) is 21.0. The van der Waals surface area contributed by atoms with E-state index in [2.05, 4.69) is 10.6 Å². The Morgan fingerprint density at radius 2 is 1.92 bits per heavy atom. The highest BCUT2D eigenvalue weighted by Gasteiger charge is 2.35. The summed E-state index contributed by atoms with van der Waals surface area (Å²) in [6.07, 6.45) is 2.29. The van der Waals surface area contributed by atoms with Crippen molar-refractivity contribution in [3.05, 3.63) is 73.7 Å². The average molecular weight is 542 g/mol. The van der Waals surface area contributed by atoms with E-state index in [1.165, 1.54) is 30.0 Å². The second kappa shape index (κ2) is 10.6. The number of amides is 1. The van der Waals surface area contributed by atoms with Crippen molar-refractivity contribution in [2.75, 3.05) is 22.9 Å². The standard InChI is InChI=1S/C27H28FN3O6S/c1-14-10-11-18(36-14)22(19-8-5-13-38-19)30-24-23(25(33)26(24)34)29-17-7-3-6-16(21(17)28)27(35)31-12-4-9-20(31)37-15(2)32/h3,6-7,10-11,19-20,22,29-30H,4-5,8-9,12-13H2,1-2H3/t19?,20-,22?/m1/s1. The highest BCUT2D eigenvalue weighted by Crippen LogP contribution is 2.39. The molecule has 0 spiro atoms. The molecule has 2 unspecified atom stereocenters. The van der Waals surface area contributed by atoms with Crippen molar-refractivity contribution in [3.8, 4) is 0 Å². The van der Waals surface area contributed by atoms with Crippen LogP contribution in [0.25, 0.3) is 0 Å². The van der Waals surface area contributed by atoms with Crippen LogP contribution in [0.4, 0.5) is 21.5 Å². The molecule has 1 aromatic heterocycles. The second-order valence-corrected chi connectivity index (χ2v) is 10.9. The molecule has 9 nitrogen and oxygen atoms in total. The first kappa shape index (κ1) is 26.0. The van der Waals surface area contributed by atoms with Crippen molar-refractivity contribution in [2.45, 2.75) is 57.1 Å². The molecule has 2 fully saturated rings. The van der Waals surface area contributed by atoms with Crippen molar-refractivity contribution in [3.63, 3.8) is 0 Å². The summed E-state index contributed by atoms with van der Waals surface area (Å²) in [4.78, 5) is 50.9. The molecule has 0 aliphatic carbocycles. The van der Waals surface area contributed by atoms with Gasteiger partial charge < -0.3 is 24.7 Å². The third kappa shape index (κ3) is 4.94. The summed E-state index contributed by atoms with van der Waals surface area (Å²) in [5.74, 6) is 0.369. The van der Waals surface area contributed by atoms with E-state index < -0.39 is 34.8 Å². The molecule has 11 heteroatoms. The molecule has 2 aromatic carbocycles. The van der Waals surface area contributed by atoms with Crippen LogP contribution >= 0.6 is 11.8 Å². The minimum absolute atomic E-state index is 0.0614. The van der Waals surface area contributed by atoms with Gasteiger partial charge in [-0.25, -0.2) is 4.39 Å². The molecule has 3 heterocycles. The number of furan rings is 1. The Kier molecular flexibility index (Phi) is 7.29. The normalized spacial score (nSPS) is 20.0. The Morgan fingerprint density at radius 1 is 1.13 bits per heavy atom. The molecule has 3 atom stereocenters. The van der Waals surface area contributed by atoms with Gasteiger partial charge in [0.25, 0.3) is 16.8 Å². The summed E-state index contributed by atoms with van der Waals surface area (Å²) in [7, 11) is 0. The van der Waals surface area contributed by atoms with Gasteiger partial charge in [0.15, 0.2) is 12.0 Å². The summed E-state index contributed by atoms with van der Waals surface area (Å²) in [5.41, 5.74) is -1.81. The first-order valence-electron chi connectivity index (χ1n) is 12.6. The molecule has 0 saturated carbocycles. The molecule has 2 aliphatic heterocycles. The summed E-state index contributed by atoms with van der Waals surface area (Å²) < 4.78 is 26.6. The van der Waals surface area contributed by atoms with Crippen molar-refractivity contribution in [1.82, 2.24) is 4.90 Å². The maximum Gasteiger partial charge on any atom is 0.304 e.